The van der Waals surface area contributed by atoms with E-state index in [4.69, 9.17) is 14.8 Å². The zero-order chi connectivity index (χ0) is 37.3. The van der Waals surface area contributed by atoms with Crippen LogP contribution in [0.2, 0.25) is 0 Å². The van der Waals surface area contributed by atoms with Crippen molar-refractivity contribution in [1.82, 2.24) is 19.3 Å². The van der Waals surface area contributed by atoms with Gasteiger partial charge in [0.25, 0.3) is 0 Å². The van der Waals surface area contributed by atoms with Gasteiger partial charge < -0.3 is 4.74 Å². The number of ether oxygens (including phenoxy) is 1. The van der Waals surface area contributed by atoms with Gasteiger partial charge >= 0.3 is 0 Å². The SMILES string of the molecule is CC1=CCC[C@H](C)C1c1c(C)nn(-c2cc(Oc3ccc4c5ccccc5n(-c5cc(C(C)(C)C)ccn5)c4c3)cc(C(C)(C)C)c2)c1C(C)(C)C. The largest absolute Gasteiger partial charge is 0.457 e. The van der Waals surface area contributed by atoms with Crippen molar-refractivity contribution in [3.8, 4) is 23.0 Å². The van der Waals surface area contributed by atoms with Crippen molar-refractivity contribution in [1.29, 1.82) is 0 Å². The second-order valence-corrected chi connectivity index (χ2v) is 18.2. The van der Waals surface area contributed by atoms with E-state index >= 15 is 0 Å². The number of hydrogen-bond acceptors (Lipinski definition) is 3. The van der Waals surface area contributed by atoms with Crippen LogP contribution in [-0.4, -0.2) is 19.3 Å². The molecule has 0 spiro atoms. The highest BCUT2D eigenvalue weighted by Gasteiger charge is 2.35. The van der Waals surface area contributed by atoms with Crippen molar-refractivity contribution in [2.45, 2.75) is 118 Å². The van der Waals surface area contributed by atoms with Crippen LogP contribution in [0.25, 0.3) is 33.3 Å². The highest BCUT2D eigenvalue weighted by molar-refractivity contribution is 6.09. The molecule has 0 bridgehead atoms. The monoisotopic (exact) mass is 692 g/mol. The van der Waals surface area contributed by atoms with Gasteiger partial charge in [-0.15, -0.1) is 0 Å². The Bertz CT molecular complexity index is 2330. The number of aryl methyl sites for hydroxylation is 1. The van der Waals surface area contributed by atoms with Crippen LogP contribution in [0.4, 0.5) is 0 Å². The molecule has 0 fully saturated rings. The third kappa shape index (κ3) is 6.48. The zero-order valence-electron chi connectivity index (χ0n) is 33.3. The molecule has 0 aliphatic heterocycles. The van der Waals surface area contributed by atoms with Gasteiger partial charge in [0, 0.05) is 46.0 Å². The van der Waals surface area contributed by atoms with E-state index in [9.17, 15) is 0 Å². The van der Waals surface area contributed by atoms with Gasteiger partial charge in [-0.1, -0.05) is 99.1 Å². The fourth-order valence-electron chi connectivity index (χ4n) is 8.25. The highest BCUT2D eigenvalue weighted by atomic mass is 16.5. The maximum absolute atomic E-state index is 6.88. The van der Waals surface area contributed by atoms with E-state index in [1.54, 1.807) is 0 Å². The third-order valence-corrected chi connectivity index (χ3v) is 11.0. The van der Waals surface area contributed by atoms with Crippen LogP contribution < -0.4 is 4.74 Å². The first-order valence-electron chi connectivity index (χ1n) is 19.0. The molecule has 52 heavy (non-hydrogen) atoms. The molecule has 6 aromatic rings. The fraction of sp³-hybridized carbons (Fsp3) is 0.404. The summed E-state index contributed by atoms with van der Waals surface area (Å²) < 4.78 is 11.4. The molecule has 1 aliphatic rings. The van der Waals surface area contributed by atoms with Gasteiger partial charge in [-0.05, 0) is 97.0 Å². The molecule has 1 aliphatic carbocycles. The molecule has 0 saturated carbocycles. The molecule has 5 heteroatoms. The van der Waals surface area contributed by atoms with Gasteiger partial charge in [-0.3, -0.25) is 4.57 Å². The van der Waals surface area contributed by atoms with Crippen molar-refractivity contribution < 1.29 is 4.74 Å². The Hall–Kier alpha value is -4.64. The molecular weight excluding hydrogens is 637 g/mol. The summed E-state index contributed by atoms with van der Waals surface area (Å²) in [6.45, 7) is 27.4. The van der Waals surface area contributed by atoms with E-state index in [0.29, 0.717) is 11.8 Å². The van der Waals surface area contributed by atoms with Crippen LogP contribution >= 0.6 is 0 Å². The third-order valence-electron chi connectivity index (χ3n) is 11.0. The Morgan fingerprint density at radius 1 is 0.712 bits per heavy atom. The molecule has 0 N–H and O–H groups in total. The number of benzene rings is 3. The van der Waals surface area contributed by atoms with Crippen molar-refractivity contribution >= 4 is 21.8 Å². The van der Waals surface area contributed by atoms with E-state index in [-0.39, 0.29) is 16.2 Å². The van der Waals surface area contributed by atoms with Gasteiger partial charge in [-0.25, -0.2) is 9.67 Å². The Morgan fingerprint density at radius 3 is 2.12 bits per heavy atom. The number of para-hydroxylation sites is 1. The Morgan fingerprint density at radius 2 is 1.42 bits per heavy atom. The van der Waals surface area contributed by atoms with Gasteiger partial charge in [0.15, 0.2) is 0 Å². The lowest BCUT2D eigenvalue weighted by Crippen LogP contribution is -2.24. The molecule has 3 heterocycles. The Labute approximate surface area is 310 Å². The molecular formula is C47H56N4O. The van der Waals surface area contributed by atoms with Crippen LogP contribution in [0.3, 0.4) is 0 Å². The maximum atomic E-state index is 6.88. The highest BCUT2D eigenvalue weighted by Crippen LogP contribution is 2.45. The molecule has 3 aromatic heterocycles. The van der Waals surface area contributed by atoms with Gasteiger partial charge in [0.05, 0.1) is 28.1 Å². The van der Waals surface area contributed by atoms with E-state index in [1.807, 2.05) is 6.20 Å². The molecule has 1 unspecified atom stereocenters. The molecule has 0 radical (unpaired) electrons. The standard InChI is InChI=1S/C47H56N4O/c1-29-16-15-17-30(2)42(29)43-31(3)49-51(44(43)47(10,11)12)34-24-33(46(7,8)9)25-36(27-34)52-35-20-21-38-37-18-13-14-19-39(37)50(40(38)28-35)41-26-32(22-23-48-41)45(4,5)6/h13-14,16,18-28,30,42H,15,17H2,1-12H3/t30-,42?/m0/s1. The van der Waals surface area contributed by atoms with E-state index in [2.05, 4.69) is 171 Å². The average Bonchev–Trinajstić information content (AvgIpc) is 3.58. The molecule has 0 amide bonds. The predicted octanol–water partition coefficient (Wildman–Crippen LogP) is 12.8. The summed E-state index contributed by atoms with van der Waals surface area (Å²) >= 11 is 0. The van der Waals surface area contributed by atoms with Gasteiger partial charge in [-0.2, -0.15) is 5.10 Å². The molecule has 5 nitrogen and oxygen atoms in total. The number of nitrogens with zero attached hydrogens (tertiary/aromatic N) is 4. The minimum Gasteiger partial charge on any atom is -0.457 e. The number of aromatic nitrogens is 4. The number of pyridine rings is 1. The fourth-order valence-corrected chi connectivity index (χ4v) is 8.25. The van der Waals surface area contributed by atoms with Crippen LogP contribution in [-0.2, 0) is 16.2 Å². The number of fused-ring (bicyclic) bond motifs is 3. The van der Waals surface area contributed by atoms with Crippen LogP contribution in [0.5, 0.6) is 11.5 Å². The quantitative estimate of drug-likeness (QED) is 0.169. The minimum atomic E-state index is -0.121. The smallest absolute Gasteiger partial charge is 0.137 e. The van der Waals surface area contributed by atoms with Crippen LogP contribution in [0, 0.1) is 12.8 Å². The Balaban J connectivity index is 1.38. The lowest BCUT2D eigenvalue weighted by atomic mass is 9.72. The summed E-state index contributed by atoms with van der Waals surface area (Å²) in [6, 6.07) is 26.0. The van der Waals surface area contributed by atoms with E-state index in [0.717, 1.165) is 46.2 Å². The summed E-state index contributed by atoms with van der Waals surface area (Å²) in [4.78, 5) is 4.88. The molecule has 3 aromatic carbocycles. The molecule has 2 atom stereocenters. The number of hydrogen-bond donors (Lipinski definition) is 0. The predicted molar refractivity (Wildman–Crippen MR) is 218 cm³/mol. The molecule has 270 valence electrons. The van der Waals surface area contributed by atoms with Crippen molar-refractivity contribution in [2.24, 2.45) is 5.92 Å². The van der Waals surface area contributed by atoms with Crippen LogP contribution in [0.1, 0.15) is 123 Å². The minimum absolute atomic E-state index is 0.00537. The van der Waals surface area contributed by atoms with E-state index in [1.165, 1.54) is 45.2 Å². The first-order valence-corrected chi connectivity index (χ1v) is 19.0. The zero-order valence-corrected chi connectivity index (χ0v) is 33.3. The second kappa shape index (κ2) is 12.8. The first-order chi connectivity index (χ1) is 24.4. The second-order valence-electron chi connectivity index (χ2n) is 18.2. The van der Waals surface area contributed by atoms with Crippen molar-refractivity contribution in [3.05, 3.63) is 119 Å². The lowest BCUT2D eigenvalue weighted by molar-refractivity contribution is 0.437. The number of rotatable bonds is 5. The molecule has 7 rings (SSSR count). The molecule has 0 saturated heterocycles. The maximum Gasteiger partial charge on any atom is 0.137 e. The normalized spacial score (nSPS) is 17.2. The number of allylic oxidation sites excluding steroid dienone is 2. The first kappa shape index (κ1) is 35.7. The topological polar surface area (TPSA) is 44.9 Å². The van der Waals surface area contributed by atoms with Gasteiger partial charge in [0.2, 0.25) is 0 Å². The average molecular weight is 693 g/mol. The van der Waals surface area contributed by atoms with Gasteiger partial charge in [0.1, 0.15) is 17.3 Å². The summed E-state index contributed by atoms with van der Waals surface area (Å²) in [5.74, 6) is 3.43. The van der Waals surface area contributed by atoms with Crippen LogP contribution in [0.15, 0.2) is 90.6 Å². The van der Waals surface area contributed by atoms with Crippen molar-refractivity contribution in [2.75, 3.05) is 0 Å². The summed E-state index contributed by atoms with van der Waals surface area (Å²) in [6.07, 6.45) is 6.72. The lowest BCUT2D eigenvalue weighted by Gasteiger charge is -2.32. The summed E-state index contributed by atoms with van der Waals surface area (Å²) in [5.41, 5.74) is 10.7. The summed E-state index contributed by atoms with van der Waals surface area (Å²) in [5, 5.41) is 7.69. The van der Waals surface area contributed by atoms with E-state index < -0.39 is 0 Å². The Kier molecular flexibility index (Phi) is 8.79. The van der Waals surface area contributed by atoms with Crippen molar-refractivity contribution in [3.63, 3.8) is 0 Å². The summed E-state index contributed by atoms with van der Waals surface area (Å²) in [7, 11) is 0.